The molecular formula is C51H52N4O6. The predicted molar refractivity (Wildman–Crippen MR) is 236 cm³/mol. The van der Waals surface area contributed by atoms with E-state index in [1.54, 1.807) is 35.2 Å². The van der Waals surface area contributed by atoms with Gasteiger partial charge in [-0.05, 0) is 102 Å². The zero-order valence-electron chi connectivity index (χ0n) is 34.7. The molecule has 5 aromatic rings. The molecule has 0 saturated carbocycles. The van der Waals surface area contributed by atoms with Crippen molar-refractivity contribution in [2.45, 2.75) is 58.3 Å². The second-order valence-corrected chi connectivity index (χ2v) is 16.3. The first kappa shape index (κ1) is 40.1. The fourth-order valence-corrected chi connectivity index (χ4v) is 9.22. The standard InChI is InChI=1S/C51H52N4O6/c1-35(45(30-49-36(2)60-34-61-49)50(57)55-31-39-15-7-6-14-38(39)28-42(55)33-52-24-26-59-27-25-52)48-29-46(47-18-10-11-23-53(47)48)51(58)54(41-19-21-43(56)22-20-41)32-40-16-8-9-17-44(40)37-12-4-3-5-13-37/h3-9,12-17,19-22,29-30,42,56H,2,10-11,18,23-28,31-34H2,1H3/b45-35-,49-30+/t42-/m0/s1. The average molecular weight is 817 g/mol. The van der Waals surface area contributed by atoms with Crippen molar-refractivity contribution < 1.29 is 28.9 Å². The molecular weight excluding hydrogens is 765 g/mol. The van der Waals surface area contributed by atoms with E-state index in [2.05, 4.69) is 58.5 Å². The summed E-state index contributed by atoms with van der Waals surface area (Å²) in [7, 11) is 0. The minimum absolute atomic E-state index is 0.0294. The minimum Gasteiger partial charge on any atom is -0.508 e. The number of allylic oxidation sites excluding steroid dienone is 1. The molecule has 0 unspecified atom stereocenters. The number of nitrogens with zero attached hydrogens (tertiary/aromatic N) is 4. The average Bonchev–Trinajstić information content (AvgIpc) is 3.90. The third-order valence-electron chi connectivity index (χ3n) is 12.5. The molecule has 5 heterocycles. The summed E-state index contributed by atoms with van der Waals surface area (Å²) in [6, 6.07) is 35.5. The highest BCUT2D eigenvalue weighted by atomic mass is 16.7. The van der Waals surface area contributed by atoms with E-state index in [0.717, 1.165) is 84.5 Å². The smallest absolute Gasteiger partial charge is 0.260 e. The topological polar surface area (TPSA) is 96.7 Å². The molecule has 1 atom stereocenters. The lowest BCUT2D eigenvalue weighted by atomic mass is 9.92. The van der Waals surface area contributed by atoms with Gasteiger partial charge in [-0.25, -0.2) is 0 Å². The van der Waals surface area contributed by atoms with E-state index in [4.69, 9.17) is 14.2 Å². The number of amides is 2. The normalized spacial score (nSPS) is 18.8. The van der Waals surface area contributed by atoms with Crippen LogP contribution < -0.4 is 4.90 Å². The molecule has 0 spiro atoms. The molecule has 1 N–H and O–H groups in total. The van der Waals surface area contributed by atoms with Gasteiger partial charge in [0.25, 0.3) is 11.8 Å². The van der Waals surface area contributed by atoms with Crippen molar-refractivity contribution in [3.05, 3.63) is 173 Å². The molecule has 10 heteroatoms. The molecule has 9 rings (SSSR count). The van der Waals surface area contributed by atoms with Crippen molar-refractivity contribution in [1.29, 1.82) is 0 Å². The number of carbonyl (C=O) groups is 2. The van der Waals surface area contributed by atoms with Crippen LogP contribution in [0.5, 0.6) is 5.75 Å². The number of carbonyl (C=O) groups excluding carboxylic acids is 2. The number of aromatic hydroxyl groups is 1. The molecule has 0 aliphatic carbocycles. The highest BCUT2D eigenvalue weighted by Crippen LogP contribution is 2.36. The van der Waals surface area contributed by atoms with Crippen LogP contribution in [0, 0.1) is 0 Å². The lowest BCUT2D eigenvalue weighted by molar-refractivity contribution is -0.130. The number of hydrogen-bond donors (Lipinski definition) is 1. The first-order valence-corrected chi connectivity index (χ1v) is 21.3. The summed E-state index contributed by atoms with van der Waals surface area (Å²) in [6.45, 7) is 11.3. The van der Waals surface area contributed by atoms with Gasteiger partial charge >= 0.3 is 0 Å². The number of rotatable bonds is 10. The summed E-state index contributed by atoms with van der Waals surface area (Å²) < 4.78 is 19.4. The number of anilines is 1. The van der Waals surface area contributed by atoms with E-state index in [9.17, 15) is 5.11 Å². The Morgan fingerprint density at radius 3 is 2.38 bits per heavy atom. The van der Waals surface area contributed by atoms with Crippen molar-refractivity contribution in [2.75, 3.05) is 44.5 Å². The lowest BCUT2D eigenvalue weighted by Crippen LogP contribution is -2.52. The Kier molecular flexibility index (Phi) is 11.6. The maximum absolute atomic E-state index is 15.4. The van der Waals surface area contributed by atoms with Crippen molar-refractivity contribution in [1.82, 2.24) is 14.4 Å². The number of fused-ring (bicyclic) bond motifs is 2. The van der Waals surface area contributed by atoms with Crippen molar-refractivity contribution in [2.24, 2.45) is 0 Å². The van der Waals surface area contributed by atoms with E-state index in [1.807, 2.05) is 54.3 Å². The Hall–Kier alpha value is -6.36. The van der Waals surface area contributed by atoms with Gasteiger partial charge in [0, 0.05) is 61.4 Å². The molecule has 2 fully saturated rings. The number of phenolic OH excluding ortho intramolecular Hbond substituents is 1. The predicted octanol–water partition coefficient (Wildman–Crippen LogP) is 8.51. The number of phenols is 1. The highest BCUT2D eigenvalue weighted by molar-refractivity contribution is 6.09. The Bertz CT molecular complexity index is 2500. The SMILES string of the molecule is C=C1OCO/C1=C/C(C(=O)N1Cc2ccccc2C[C@H]1CN1CCOCC1)=C(\C)c1cc(C(=O)N(Cc2ccccc2-c2ccccc2)c2ccc(O)cc2)c2n1CCCC2. The van der Waals surface area contributed by atoms with Gasteiger partial charge in [-0.1, -0.05) is 85.4 Å². The summed E-state index contributed by atoms with van der Waals surface area (Å²) >= 11 is 0. The summed E-state index contributed by atoms with van der Waals surface area (Å²) in [5.41, 5.74) is 9.77. The van der Waals surface area contributed by atoms with Gasteiger partial charge in [-0.2, -0.15) is 0 Å². The van der Waals surface area contributed by atoms with Crippen molar-refractivity contribution in [3.63, 3.8) is 0 Å². The van der Waals surface area contributed by atoms with Crippen LogP contribution in [0.15, 0.2) is 139 Å². The molecule has 312 valence electrons. The zero-order chi connectivity index (χ0) is 41.9. The number of morpholine rings is 1. The summed E-state index contributed by atoms with van der Waals surface area (Å²) in [5.74, 6) is 0.662. The summed E-state index contributed by atoms with van der Waals surface area (Å²) in [4.78, 5) is 36.9. The fraction of sp³-hybridized carbons (Fsp3) is 0.294. The maximum Gasteiger partial charge on any atom is 0.260 e. The number of benzene rings is 4. The third-order valence-corrected chi connectivity index (χ3v) is 12.5. The Morgan fingerprint density at radius 1 is 0.869 bits per heavy atom. The third kappa shape index (κ3) is 8.38. The second-order valence-electron chi connectivity index (χ2n) is 16.3. The first-order chi connectivity index (χ1) is 29.8. The van der Waals surface area contributed by atoms with Gasteiger partial charge in [0.15, 0.2) is 11.5 Å². The number of aromatic nitrogens is 1. The van der Waals surface area contributed by atoms with Gasteiger partial charge in [-0.3, -0.25) is 14.5 Å². The van der Waals surface area contributed by atoms with Gasteiger partial charge in [0.1, 0.15) is 5.75 Å². The Morgan fingerprint density at radius 2 is 1.61 bits per heavy atom. The molecule has 4 aliphatic rings. The second kappa shape index (κ2) is 17.7. The lowest BCUT2D eigenvalue weighted by Gasteiger charge is -2.41. The number of ether oxygens (including phenoxy) is 3. The van der Waals surface area contributed by atoms with Crippen LogP contribution in [0.2, 0.25) is 0 Å². The van der Waals surface area contributed by atoms with Crippen molar-refractivity contribution >= 4 is 23.1 Å². The minimum atomic E-state index is -0.149. The van der Waals surface area contributed by atoms with Crippen LogP contribution in [0.3, 0.4) is 0 Å². The molecule has 4 aromatic carbocycles. The Labute approximate surface area is 357 Å². The van der Waals surface area contributed by atoms with Crippen LogP contribution in [0.25, 0.3) is 16.7 Å². The zero-order valence-corrected chi connectivity index (χ0v) is 34.7. The summed E-state index contributed by atoms with van der Waals surface area (Å²) in [6.07, 6.45) is 5.15. The van der Waals surface area contributed by atoms with E-state index >= 15 is 9.59 Å². The number of hydrogen-bond acceptors (Lipinski definition) is 7. The Balaban J connectivity index is 1.14. The highest BCUT2D eigenvalue weighted by Gasteiger charge is 2.35. The van der Waals surface area contributed by atoms with E-state index in [-0.39, 0.29) is 30.4 Å². The molecule has 2 saturated heterocycles. The molecule has 0 bridgehead atoms. The maximum atomic E-state index is 15.4. The van der Waals surface area contributed by atoms with E-state index in [0.29, 0.717) is 61.2 Å². The fourth-order valence-electron chi connectivity index (χ4n) is 9.22. The van der Waals surface area contributed by atoms with Crippen LogP contribution in [0.1, 0.15) is 58.2 Å². The van der Waals surface area contributed by atoms with Gasteiger partial charge < -0.3 is 33.7 Å². The van der Waals surface area contributed by atoms with Gasteiger partial charge in [0.2, 0.25) is 6.79 Å². The van der Waals surface area contributed by atoms with Crippen LogP contribution in [-0.4, -0.2) is 77.0 Å². The van der Waals surface area contributed by atoms with Crippen molar-refractivity contribution in [3.8, 4) is 16.9 Å². The molecule has 10 nitrogen and oxygen atoms in total. The van der Waals surface area contributed by atoms with Gasteiger partial charge in [0.05, 0.1) is 25.3 Å². The van der Waals surface area contributed by atoms with Gasteiger partial charge in [-0.15, -0.1) is 0 Å². The van der Waals surface area contributed by atoms with E-state index in [1.165, 1.54) is 5.56 Å². The van der Waals surface area contributed by atoms with E-state index < -0.39 is 0 Å². The monoisotopic (exact) mass is 816 g/mol. The molecule has 61 heavy (non-hydrogen) atoms. The molecule has 1 aromatic heterocycles. The first-order valence-electron chi connectivity index (χ1n) is 21.3. The van der Waals surface area contributed by atoms with Crippen LogP contribution in [-0.2, 0) is 51.5 Å². The van der Waals surface area contributed by atoms with Crippen LogP contribution >= 0.6 is 0 Å². The van der Waals surface area contributed by atoms with Crippen LogP contribution in [0.4, 0.5) is 5.69 Å². The molecule has 4 aliphatic heterocycles. The quantitative estimate of drug-likeness (QED) is 0.141. The summed E-state index contributed by atoms with van der Waals surface area (Å²) in [5, 5.41) is 10.3. The largest absolute Gasteiger partial charge is 0.508 e. The molecule has 0 radical (unpaired) electrons. The molecule has 2 amide bonds.